The van der Waals surface area contributed by atoms with Gasteiger partial charge in [0.15, 0.2) is 0 Å². The zero-order valence-electron chi connectivity index (χ0n) is 16.5. The smallest absolute Gasteiger partial charge is 0.257 e. The van der Waals surface area contributed by atoms with Gasteiger partial charge in [-0.25, -0.2) is 0 Å². The fourth-order valence-electron chi connectivity index (χ4n) is 5.61. The van der Waals surface area contributed by atoms with Crippen molar-refractivity contribution in [2.24, 2.45) is 23.8 Å². The molecule has 1 aromatic heterocycles. The van der Waals surface area contributed by atoms with Crippen LogP contribution in [0.4, 0.5) is 0 Å². The Labute approximate surface area is 156 Å². The molecule has 1 amide bonds. The Hall–Kier alpha value is -2.10. The van der Waals surface area contributed by atoms with E-state index in [4.69, 9.17) is 0 Å². The molecule has 3 atom stereocenters. The summed E-state index contributed by atoms with van der Waals surface area (Å²) >= 11 is 0. The van der Waals surface area contributed by atoms with Gasteiger partial charge in [0.2, 0.25) is 0 Å². The van der Waals surface area contributed by atoms with E-state index in [-0.39, 0.29) is 11.3 Å². The first-order chi connectivity index (χ1) is 12.3. The van der Waals surface area contributed by atoms with E-state index in [0.29, 0.717) is 17.0 Å². The number of rotatable bonds is 3. The van der Waals surface area contributed by atoms with Gasteiger partial charge < -0.3 is 4.90 Å². The normalized spacial score (nSPS) is 29.1. The maximum atomic E-state index is 13.4. The highest BCUT2D eigenvalue weighted by molar-refractivity contribution is 6.00. The van der Waals surface area contributed by atoms with Crippen molar-refractivity contribution in [3.05, 3.63) is 42.1 Å². The molecule has 1 heterocycles. The van der Waals surface area contributed by atoms with E-state index in [2.05, 4.69) is 25.9 Å². The van der Waals surface area contributed by atoms with Gasteiger partial charge in [-0.15, -0.1) is 0 Å². The molecule has 0 saturated heterocycles. The molecule has 1 aromatic carbocycles. The second-order valence-corrected chi connectivity index (χ2v) is 8.94. The Balaban J connectivity index is 1.68. The first kappa shape index (κ1) is 17.3. The fraction of sp³-hybridized carbons (Fsp3) is 0.545. The first-order valence-electron chi connectivity index (χ1n) is 9.62. The van der Waals surface area contributed by atoms with Crippen LogP contribution in [-0.2, 0) is 7.05 Å². The molecule has 0 N–H and O–H groups in total. The second kappa shape index (κ2) is 5.70. The number of fused-ring (bicyclic) bond motifs is 2. The van der Waals surface area contributed by atoms with Crippen LogP contribution in [0.1, 0.15) is 50.4 Å². The molecule has 0 aliphatic heterocycles. The van der Waals surface area contributed by atoms with Crippen molar-refractivity contribution in [3.63, 3.8) is 0 Å². The number of carbonyl (C=O) groups is 1. The van der Waals surface area contributed by atoms with E-state index in [9.17, 15) is 4.79 Å². The molecule has 4 rings (SSSR count). The molecule has 2 aliphatic rings. The summed E-state index contributed by atoms with van der Waals surface area (Å²) in [6, 6.07) is 10.4. The summed E-state index contributed by atoms with van der Waals surface area (Å²) in [7, 11) is 3.89. The van der Waals surface area contributed by atoms with Crippen molar-refractivity contribution in [2.75, 3.05) is 7.05 Å². The van der Waals surface area contributed by atoms with Crippen molar-refractivity contribution < 1.29 is 4.79 Å². The van der Waals surface area contributed by atoms with Crippen LogP contribution >= 0.6 is 0 Å². The van der Waals surface area contributed by atoms with Gasteiger partial charge in [-0.05, 0) is 36.0 Å². The number of carbonyl (C=O) groups excluding carboxylic acids is 1. The highest BCUT2D eigenvalue weighted by Crippen LogP contribution is 2.66. The number of amides is 1. The Morgan fingerprint density at radius 1 is 1.23 bits per heavy atom. The van der Waals surface area contributed by atoms with Gasteiger partial charge in [-0.1, -0.05) is 51.1 Å². The molecule has 4 heteroatoms. The first-order valence-corrected chi connectivity index (χ1v) is 9.62. The third-order valence-corrected chi connectivity index (χ3v) is 7.75. The molecule has 2 unspecified atom stereocenters. The Morgan fingerprint density at radius 3 is 2.50 bits per heavy atom. The van der Waals surface area contributed by atoms with Crippen molar-refractivity contribution in [1.82, 2.24) is 14.7 Å². The van der Waals surface area contributed by atoms with E-state index < -0.39 is 0 Å². The number of hydrogen-bond acceptors (Lipinski definition) is 2. The van der Waals surface area contributed by atoms with Gasteiger partial charge in [0.25, 0.3) is 5.91 Å². The second-order valence-electron chi connectivity index (χ2n) is 8.94. The number of nitrogens with zero attached hydrogens (tertiary/aromatic N) is 3. The lowest BCUT2D eigenvalue weighted by atomic mass is 9.69. The molecule has 138 valence electrons. The summed E-state index contributed by atoms with van der Waals surface area (Å²) in [5.41, 5.74) is 3.12. The van der Waals surface area contributed by atoms with E-state index in [1.165, 1.54) is 12.8 Å². The lowest BCUT2D eigenvalue weighted by Crippen LogP contribution is -2.47. The summed E-state index contributed by atoms with van der Waals surface area (Å²) in [6.07, 6.45) is 5.35. The maximum absolute atomic E-state index is 13.4. The Bertz CT molecular complexity index is 838. The average molecular weight is 351 g/mol. The fourth-order valence-corrected chi connectivity index (χ4v) is 5.61. The van der Waals surface area contributed by atoms with Crippen molar-refractivity contribution in [1.29, 1.82) is 0 Å². The topological polar surface area (TPSA) is 38.1 Å². The third kappa shape index (κ3) is 2.20. The summed E-state index contributed by atoms with van der Waals surface area (Å²) < 4.78 is 1.81. The van der Waals surface area contributed by atoms with Gasteiger partial charge in [0, 0.05) is 25.7 Å². The number of aryl methyl sites for hydroxylation is 1. The lowest BCUT2D eigenvalue weighted by molar-refractivity contribution is 0.0416. The zero-order valence-corrected chi connectivity index (χ0v) is 16.5. The van der Waals surface area contributed by atoms with Crippen LogP contribution in [0.15, 0.2) is 36.5 Å². The monoisotopic (exact) mass is 351 g/mol. The molecule has 2 bridgehead atoms. The van der Waals surface area contributed by atoms with Crippen LogP contribution in [-0.4, -0.2) is 33.7 Å². The van der Waals surface area contributed by atoms with Crippen molar-refractivity contribution >= 4 is 5.91 Å². The van der Waals surface area contributed by atoms with E-state index in [1.807, 2.05) is 54.0 Å². The van der Waals surface area contributed by atoms with Crippen LogP contribution in [0.5, 0.6) is 0 Å². The number of benzene rings is 1. The minimum atomic E-state index is 0.0894. The SMILES string of the molecule is CN(C(=O)c1cnn(C)c1-c1ccccc1)C1CC2CC[C@]1(C)C2(C)C. The lowest BCUT2D eigenvalue weighted by Gasteiger charge is -2.43. The van der Waals surface area contributed by atoms with Crippen LogP contribution in [0.3, 0.4) is 0 Å². The van der Waals surface area contributed by atoms with E-state index >= 15 is 0 Å². The van der Waals surface area contributed by atoms with Crippen LogP contribution < -0.4 is 0 Å². The van der Waals surface area contributed by atoms with Gasteiger partial charge in [-0.2, -0.15) is 5.10 Å². The minimum Gasteiger partial charge on any atom is -0.338 e. The molecular weight excluding hydrogens is 322 g/mol. The van der Waals surface area contributed by atoms with Crippen molar-refractivity contribution in [3.8, 4) is 11.3 Å². The van der Waals surface area contributed by atoms with E-state index in [0.717, 1.165) is 23.6 Å². The van der Waals surface area contributed by atoms with E-state index in [1.54, 1.807) is 6.20 Å². The molecular formula is C22H29N3O. The van der Waals surface area contributed by atoms with Crippen LogP contribution in [0, 0.1) is 16.7 Å². The molecule has 4 nitrogen and oxygen atoms in total. The van der Waals surface area contributed by atoms with Gasteiger partial charge in [-0.3, -0.25) is 9.48 Å². The molecule has 2 aliphatic carbocycles. The maximum Gasteiger partial charge on any atom is 0.257 e. The molecule has 26 heavy (non-hydrogen) atoms. The molecule has 2 aromatic rings. The predicted molar refractivity (Wildman–Crippen MR) is 104 cm³/mol. The summed E-state index contributed by atoms with van der Waals surface area (Å²) in [4.78, 5) is 15.4. The summed E-state index contributed by atoms with van der Waals surface area (Å²) in [5.74, 6) is 0.807. The van der Waals surface area contributed by atoms with Crippen LogP contribution in [0.25, 0.3) is 11.3 Å². The number of hydrogen-bond donors (Lipinski definition) is 0. The number of aromatic nitrogens is 2. The average Bonchev–Trinajstić information content (AvgIpc) is 3.18. The van der Waals surface area contributed by atoms with Gasteiger partial charge in [0.1, 0.15) is 0 Å². The largest absolute Gasteiger partial charge is 0.338 e. The highest BCUT2D eigenvalue weighted by Gasteiger charge is 2.62. The highest BCUT2D eigenvalue weighted by atomic mass is 16.2. The minimum absolute atomic E-state index is 0.0894. The molecule has 2 fully saturated rings. The van der Waals surface area contributed by atoms with Gasteiger partial charge >= 0.3 is 0 Å². The summed E-state index contributed by atoms with van der Waals surface area (Å²) in [6.45, 7) is 7.17. The standard InChI is InChI=1S/C22H29N3O/c1-21(2)16-11-12-22(21,3)18(13-16)24(4)20(26)17-14-23-25(5)19(17)15-9-7-6-8-10-15/h6-10,14,16,18H,11-13H2,1-5H3/t16?,18?,22-/m0/s1. The predicted octanol–water partition coefficient (Wildman–Crippen LogP) is 4.37. The summed E-state index contributed by atoms with van der Waals surface area (Å²) in [5, 5.41) is 4.39. The van der Waals surface area contributed by atoms with Gasteiger partial charge in [0.05, 0.1) is 17.5 Å². The third-order valence-electron chi connectivity index (χ3n) is 7.75. The molecule has 0 radical (unpaired) electrons. The molecule has 2 saturated carbocycles. The van der Waals surface area contributed by atoms with Crippen molar-refractivity contribution in [2.45, 2.75) is 46.1 Å². The quantitative estimate of drug-likeness (QED) is 0.823. The Morgan fingerprint density at radius 2 is 1.92 bits per heavy atom. The Kier molecular flexibility index (Phi) is 3.80. The van der Waals surface area contributed by atoms with Crippen LogP contribution in [0.2, 0.25) is 0 Å². The zero-order chi connectivity index (χ0) is 18.7. The molecule has 0 spiro atoms.